The SMILES string of the molecule is CCN(c1ccccc1)S(=O)(=O)c1cc(C(=O)Nc2nc(C)c(C)s2)ccc1C. The molecule has 3 aromatic rings. The summed E-state index contributed by atoms with van der Waals surface area (Å²) in [5, 5.41) is 3.25. The van der Waals surface area contributed by atoms with E-state index < -0.39 is 15.9 Å². The first-order chi connectivity index (χ1) is 13.7. The van der Waals surface area contributed by atoms with Crippen molar-refractivity contribution in [2.24, 2.45) is 0 Å². The van der Waals surface area contributed by atoms with Crippen molar-refractivity contribution in [2.45, 2.75) is 32.6 Å². The van der Waals surface area contributed by atoms with Gasteiger partial charge in [-0.05, 0) is 57.5 Å². The molecule has 0 aliphatic carbocycles. The van der Waals surface area contributed by atoms with E-state index in [-0.39, 0.29) is 17.0 Å². The Morgan fingerprint density at radius 3 is 2.38 bits per heavy atom. The van der Waals surface area contributed by atoms with Gasteiger partial charge in [0.15, 0.2) is 5.13 Å². The Kier molecular flexibility index (Phi) is 6.04. The lowest BCUT2D eigenvalue weighted by Gasteiger charge is -2.24. The van der Waals surface area contributed by atoms with Gasteiger partial charge >= 0.3 is 0 Å². The summed E-state index contributed by atoms with van der Waals surface area (Å²) in [6.45, 7) is 7.59. The Labute approximate surface area is 175 Å². The molecule has 0 atom stereocenters. The van der Waals surface area contributed by atoms with Gasteiger partial charge in [-0.2, -0.15) is 0 Å². The number of carbonyl (C=O) groups excluding carboxylic acids is 1. The molecule has 2 aromatic carbocycles. The smallest absolute Gasteiger partial charge is 0.264 e. The first-order valence-corrected chi connectivity index (χ1v) is 11.4. The van der Waals surface area contributed by atoms with Gasteiger partial charge in [0, 0.05) is 17.0 Å². The summed E-state index contributed by atoms with van der Waals surface area (Å²) in [5.74, 6) is -0.391. The minimum atomic E-state index is -3.83. The van der Waals surface area contributed by atoms with Crippen molar-refractivity contribution in [2.75, 3.05) is 16.2 Å². The number of aromatic nitrogens is 1. The molecule has 0 bridgehead atoms. The summed E-state index contributed by atoms with van der Waals surface area (Å²) in [6.07, 6.45) is 0. The molecule has 1 aromatic heterocycles. The lowest BCUT2D eigenvalue weighted by atomic mass is 10.1. The van der Waals surface area contributed by atoms with E-state index in [1.165, 1.54) is 21.7 Å². The molecule has 0 aliphatic rings. The average Bonchev–Trinajstić information content (AvgIpc) is 3.00. The summed E-state index contributed by atoms with van der Waals surface area (Å²) in [6, 6.07) is 13.6. The van der Waals surface area contributed by atoms with Gasteiger partial charge in [0.25, 0.3) is 15.9 Å². The monoisotopic (exact) mass is 429 g/mol. The second kappa shape index (κ2) is 8.34. The lowest BCUT2D eigenvalue weighted by Crippen LogP contribution is -2.31. The number of nitrogens with one attached hydrogen (secondary N) is 1. The molecular weight excluding hydrogens is 406 g/mol. The standard InChI is InChI=1S/C21H23N3O3S2/c1-5-24(18-9-7-6-8-10-18)29(26,27)19-13-17(12-11-14(19)2)20(25)23-21-22-15(3)16(4)28-21/h6-13H,5H2,1-4H3,(H,22,23,25). The molecule has 0 unspecified atom stereocenters. The van der Waals surface area contributed by atoms with Crippen LogP contribution in [0.15, 0.2) is 53.4 Å². The molecule has 0 spiro atoms. The number of aryl methyl sites for hydroxylation is 3. The number of hydrogen-bond donors (Lipinski definition) is 1. The minimum absolute atomic E-state index is 0.113. The van der Waals surface area contributed by atoms with Crippen molar-refractivity contribution in [3.05, 3.63) is 70.2 Å². The molecule has 8 heteroatoms. The fraction of sp³-hybridized carbons (Fsp3) is 0.238. The Morgan fingerprint density at radius 2 is 1.79 bits per heavy atom. The average molecular weight is 430 g/mol. The molecular formula is C21H23N3O3S2. The Balaban J connectivity index is 1.96. The molecule has 29 heavy (non-hydrogen) atoms. The largest absolute Gasteiger partial charge is 0.298 e. The van der Waals surface area contributed by atoms with E-state index in [1.54, 1.807) is 50.2 Å². The maximum atomic E-state index is 13.3. The van der Waals surface area contributed by atoms with E-state index in [9.17, 15) is 13.2 Å². The van der Waals surface area contributed by atoms with Crippen LogP contribution in [-0.4, -0.2) is 25.9 Å². The minimum Gasteiger partial charge on any atom is -0.298 e. The van der Waals surface area contributed by atoms with E-state index in [2.05, 4.69) is 10.3 Å². The second-order valence-corrected chi connectivity index (χ2v) is 9.63. The van der Waals surface area contributed by atoms with Crippen LogP contribution in [-0.2, 0) is 10.0 Å². The van der Waals surface area contributed by atoms with Gasteiger partial charge in [-0.1, -0.05) is 24.3 Å². The Hall–Kier alpha value is -2.71. The van der Waals surface area contributed by atoms with Crippen LogP contribution in [0.1, 0.15) is 33.4 Å². The molecule has 0 saturated carbocycles. The van der Waals surface area contributed by atoms with Gasteiger partial charge in [-0.25, -0.2) is 13.4 Å². The molecule has 1 amide bonds. The van der Waals surface area contributed by atoms with Crippen LogP contribution >= 0.6 is 11.3 Å². The van der Waals surface area contributed by atoms with E-state index in [0.717, 1.165) is 10.6 Å². The van der Waals surface area contributed by atoms with Gasteiger partial charge in [-0.3, -0.25) is 14.4 Å². The maximum Gasteiger partial charge on any atom is 0.264 e. The van der Waals surface area contributed by atoms with Crippen LogP contribution in [0.25, 0.3) is 0 Å². The third-order valence-electron chi connectivity index (χ3n) is 4.60. The lowest BCUT2D eigenvalue weighted by molar-refractivity contribution is 0.102. The van der Waals surface area contributed by atoms with Crippen LogP contribution in [0.4, 0.5) is 10.8 Å². The molecule has 6 nitrogen and oxygen atoms in total. The zero-order valence-corrected chi connectivity index (χ0v) is 18.4. The fourth-order valence-electron chi connectivity index (χ4n) is 2.92. The van der Waals surface area contributed by atoms with Crippen LogP contribution in [0.3, 0.4) is 0 Å². The van der Waals surface area contributed by atoms with E-state index in [0.29, 0.717) is 16.4 Å². The normalized spacial score (nSPS) is 11.3. The molecule has 0 fully saturated rings. The number of para-hydroxylation sites is 1. The predicted molar refractivity (Wildman–Crippen MR) is 117 cm³/mol. The van der Waals surface area contributed by atoms with Crippen molar-refractivity contribution in [3.63, 3.8) is 0 Å². The molecule has 152 valence electrons. The second-order valence-electron chi connectivity index (χ2n) is 6.60. The van der Waals surface area contributed by atoms with Crippen molar-refractivity contribution in [1.82, 2.24) is 4.98 Å². The van der Waals surface area contributed by atoms with Gasteiger partial charge in [-0.15, -0.1) is 11.3 Å². The molecule has 1 heterocycles. The highest BCUT2D eigenvalue weighted by molar-refractivity contribution is 7.92. The highest BCUT2D eigenvalue weighted by atomic mass is 32.2. The van der Waals surface area contributed by atoms with Crippen LogP contribution in [0.2, 0.25) is 0 Å². The Bertz CT molecular complexity index is 1120. The van der Waals surface area contributed by atoms with E-state index in [4.69, 9.17) is 0 Å². The van der Waals surface area contributed by atoms with Crippen molar-refractivity contribution in [3.8, 4) is 0 Å². The molecule has 0 aliphatic heterocycles. The van der Waals surface area contributed by atoms with Gasteiger partial charge in [0.1, 0.15) is 0 Å². The number of anilines is 2. The highest BCUT2D eigenvalue weighted by Gasteiger charge is 2.26. The summed E-state index contributed by atoms with van der Waals surface area (Å²) in [7, 11) is -3.83. The zero-order chi connectivity index (χ0) is 21.2. The topological polar surface area (TPSA) is 79.4 Å². The highest BCUT2D eigenvalue weighted by Crippen LogP contribution is 2.27. The zero-order valence-electron chi connectivity index (χ0n) is 16.8. The Morgan fingerprint density at radius 1 is 1.10 bits per heavy atom. The van der Waals surface area contributed by atoms with Gasteiger partial charge < -0.3 is 0 Å². The number of hydrogen-bond acceptors (Lipinski definition) is 5. The number of nitrogens with zero attached hydrogens (tertiary/aromatic N) is 2. The third-order valence-corrected chi connectivity index (χ3v) is 7.63. The van der Waals surface area contributed by atoms with Crippen molar-refractivity contribution in [1.29, 1.82) is 0 Å². The molecule has 1 N–H and O–H groups in total. The summed E-state index contributed by atoms with van der Waals surface area (Å²) >= 11 is 1.39. The van der Waals surface area contributed by atoms with E-state index >= 15 is 0 Å². The summed E-state index contributed by atoms with van der Waals surface area (Å²) in [4.78, 5) is 18.1. The summed E-state index contributed by atoms with van der Waals surface area (Å²) < 4.78 is 28.0. The first kappa shape index (κ1) is 21.0. The number of amides is 1. The quantitative estimate of drug-likeness (QED) is 0.624. The van der Waals surface area contributed by atoms with Crippen molar-refractivity contribution >= 4 is 38.1 Å². The van der Waals surface area contributed by atoms with Crippen LogP contribution in [0, 0.1) is 20.8 Å². The number of benzene rings is 2. The predicted octanol–water partition coefficient (Wildman–Crippen LogP) is 4.54. The van der Waals surface area contributed by atoms with Crippen LogP contribution < -0.4 is 9.62 Å². The van der Waals surface area contributed by atoms with Crippen LogP contribution in [0.5, 0.6) is 0 Å². The number of rotatable bonds is 6. The number of carbonyl (C=O) groups is 1. The fourth-order valence-corrected chi connectivity index (χ4v) is 5.46. The van der Waals surface area contributed by atoms with Gasteiger partial charge in [0.2, 0.25) is 0 Å². The molecule has 3 rings (SSSR count). The van der Waals surface area contributed by atoms with E-state index in [1.807, 2.05) is 19.9 Å². The number of thiazole rings is 1. The molecule has 0 radical (unpaired) electrons. The third kappa shape index (κ3) is 4.33. The van der Waals surface area contributed by atoms with Gasteiger partial charge in [0.05, 0.1) is 16.3 Å². The maximum absolute atomic E-state index is 13.3. The first-order valence-electron chi connectivity index (χ1n) is 9.18. The number of sulfonamides is 1. The molecule has 0 saturated heterocycles. The van der Waals surface area contributed by atoms with Crippen molar-refractivity contribution < 1.29 is 13.2 Å². The summed E-state index contributed by atoms with van der Waals surface area (Å²) in [5.41, 5.74) is 2.29.